The second kappa shape index (κ2) is 7.94. The highest BCUT2D eigenvalue weighted by atomic mass is 19.1. The van der Waals surface area contributed by atoms with Crippen LogP contribution in [0.15, 0.2) is 42.5 Å². The molecule has 128 valence electrons. The number of ether oxygens (including phenoxy) is 1. The van der Waals surface area contributed by atoms with Gasteiger partial charge in [-0.25, -0.2) is 4.39 Å². The lowest BCUT2D eigenvalue weighted by atomic mass is 9.77. The maximum Gasteiger partial charge on any atom is 0.129 e. The molecular weight excluding hydrogens is 299 g/mol. The van der Waals surface area contributed by atoms with Crippen molar-refractivity contribution in [1.29, 1.82) is 0 Å². The summed E-state index contributed by atoms with van der Waals surface area (Å²) in [6.07, 6.45) is 6.64. The summed E-state index contributed by atoms with van der Waals surface area (Å²) >= 11 is 0. The highest BCUT2D eigenvalue weighted by molar-refractivity contribution is 5.64. The molecule has 2 heteroatoms. The minimum Gasteiger partial charge on any atom is -0.380 e. The van der Waals surface area contributed by atoms with Crippen LogP contribution in [0.25, 0.3) is 11.1 Å². The molecule has 24 heavy (non-hydrogen) atoms. The van der Waals surface area contributed by atoms with E-state index in [-0.39, 0.29) is 5.82 Å². The van der Waals surface area contributed by atoms with E-state index < -0.39 is 0 Å². The van der Waals surface area contributed by atoms with Crippen LogP contribution in [0.5, 0.6) is 0 Å². The molecule has 1 aliphatic carbocycles. The molecule has 1 fully saturated rings. The lowest BCUT2D eigenvalue weighted by Gasteiger charge is -2.28. The molecule has 0 aromatic heterocycles. The maximum atomic E-state index is 14.1. The van der Waals surface area contributed by atoms with E-state index in [0.29, 0.717) is 18.1 Å². The Balaban J connectivity index is 1.71. The van der Waals surface area contributed by atoms with Crippen molar-refractivity contribution in [2.24, 2.45) is 5.92 Å². The summed E-state index contributed by atoms with van der Waals surface area (Å²) in [4.78, 5) is 0. The molecule has 0 bridgehead atoms. The van der Waals surface area contributed by atoms with Crippen LogP contribution in [-0.4, -0.2) is 7.11 Å². The SMILES string of the molecule is CCC1CCC(c2ccc(-c3ccc(COC)c(F)c3)cc2)CC1. The summed E-state index contributed by atoms with van der Waals surface area (Å²) in [5.41, 5.74) is 4.03. The van der Waals surface area contributed by atoms with E-state index in [1.165, 1.54) is 37.7 Å². The Morgan fingerprint density at radius 3 is 2.21 bits per heavy atom. The van der Waals surface area contributed by atoms with Gasteiger partial charge in [0.25, 0.3) is 0 Å². The number of benzene rings is 2. The summed E-state index contributed by atoms with van der Waals surface area (Å²) < 4.78 is 19.1. The summed E-state index contributed by atoms with van der Waals surface area (Å²) in [6.45, 7) is 2.61. The number of rotatable bonds is 5. The van der Waals surface area contributed by atoms with Crippen LogP contribution in [0, 0.1) is 11.7 Å². The van der Waals surface area contributed by atoms with E-state index >= 15 is 0 Å². The molecule has 2 aromatic carbocycles. The molecule has 0 heterocycles. The smallest absolute Gasteiger partial charge is 0.129 e. The van der Waals surface area contributed by atoms with Crippen molar-refractivity contribution in [2.45, 2.75) is 51.6 Å². The van der Waals surface area contributed by atoms with Gasteiger partial charge in [-0.2, -0.15) is 0 Å². The van der Waals surface area contributed by atoms with Crippen molar-refractivity contribution in [1.82, 2.24) is 0 Å². The van der Waals surface area contributed by atoms with E-state index in [0.717, 1.165) is 17.0 Å². The quantitative estimate of drug-likeness (QED) is 0.624. The van der Waals surface area contributed by atoms with Crippen LogP contribution in [0.1, 0.15) is 56.1 Å². The van der Waals surface area contributed by atoms with Crippen molar-refractivity contribution >= 4 is 0 Å². The molecular formula is C22H27FO. The number of hydrogen-bond donors (Lipinski definition) is 0. The summed E-state index contributed by atoms with van der Waals surface area (Å²) in [7, 11) is 1.58. The normalized spacial score (nSPS) is 21.0. The van der Waals surface area contributed by atoms with Gasteiger partial charge in [0.15, 0.2) is 0 Å². The van der Waals surface area contributed by atoms with Gasteiger partial charge in [-0.15, -0.1) is 0 Å². The number of methoxy groups -OCH3 is 1. The van der Waals surface area contributed by atoms with Crippen molar-refractivity contribution in [2.75, 3.05) is 7.11 Å². The Labute approximate surface area is 144 Å². The standard InChI is InChI=1S/C22H27FO/c1-3-16-4-6-17(7-5-16)18-8-10-19(11-9-18)20-12-13-21(15-24-2)22(23)14-20/h8-14,16-17H,3-7,15H2,1-2H3. The lowest BCUT2D eigenvalue weighted by Crippen LogP contribution is -2.12. The molecule has 0 unspecified atom stereocenters. The fourth-order valence-corrected chi connectivity index (χ4v) is 3.85. The van der Waals surface area contributed by atoms with Crippen LogP contribution in [0.4, 0.5) is 4.39 Å². The van der Waals surface area contributed by atoms with Gasteiger partial charge in [0.1, 0.15) is 5.82 Å². The molecule has 1 saturated carbocycles. The van der Waals surface area contributed by atoms with Gasteiger partial charge in [0, 0.05) is 12.7 Å². The third-order valence-electron chi connectivity index (χ3n) is 5.49. The predicted octanol–water partition coefficient (Wildman–Crippen LogP) is 6.32. The Kier molecular flexibility index (Phi) is 5.68. The fraction of sp³-hybridized carbons (Fsp3) is 0.455. The van der Waals surface area contributed by atoms with Crippen molar-refractivity contribution < 1.29 is 9.13 Å². The molecule has 1 aliphatic rings. The van der Waals surface area contributed by atoms with E-state index in [4.69, 9.17) is 4.74 Å². The van der Waals surface area contributed by atoms with Gasteiger partial charge >= 0.3 is 0 Å². The van der Waals surface area contributed by atoms with E-state index in [1.54, 1.807) is 13.2 Å². The average Bonchev–Trinajstić information content (AvgIpc) is 2.64. The predicted molar refractivity (Wildman–Crippen MR) is 97.5 cm³/mol. The minimum atomic E-state index is -0.198. The summed E-state index contributed by atoms with van der Waals surface area (Å²) in [5.74, 6) is 1.42. The largest absolute Gasteiger partial charge is 0.380 e. The third-order valence-corrected chi connectivity index (χ3v) is 5.49. The second-order valence-electron chi connectivity index (χ2n) is 6.99. The van der Waals surface area contributed by atoms with Gasteiger partial charge in [-0.1, -0.05) is 49.7 Å². The first-order valence-corrected chi connectivity index (χ1v) is 9.09. The van der Waals surface area contributed by atoms with E-state index in [9.17, 15) is 4.39 Å². The molecule has 0 spiro atoms. The Bertz CT molecular complexity index is 654. The monoisotopic (exact) mass is 326 g/mol. The van der Waals surface area contributed by atoms with Crippen molar-refractivity contribution in [3.63, 3.8) is 0 Å². The van der Waals surface area contributed by atoms with E-state index in [1.807, 2.05) is 12.1 Å². The highest BCUT2D eigenvalue weighted by Crippen LogP contribution is 2.37. The van der Waals surface area contributed by atoms with Crippen molar-refractivity contribution in [3.8, 4) is 11.1 Å². The van der Waals surface area contributed by atoms with Crippen molar-refractivity contribution in [3.05, 3.63) is 59.4 Å². The van der Waals surface area contributed by atoms with Gasteiger partial charge in [0.05, 0.1) is 6.61 Å². The lowest BCUT2D eigenvalue weighted by molar-refractivity contribution is 0.181. The molecule has 2 aromatic rings. The average molecular weight is 326 g/mol. The van der Waals surface area contributed by atoms with Crippen LogP contribution in [-0.2, 0) is 11.3 Å². The molecule has 3 rings (SSSR count). The van der Waals surface area contributed by atoms with Gasteiger partial charge in [-0.05, 0) is 60.3 Å². The van der Waals surface area contributed by atoms with Crippen LogP contribution >= 0.6 is 0 Å². The Morgan fingerprint density at radius 1 is 0.958 bits per heavy atom. The van der Waals surface area contributed by atoms with Crippen LogP contribution in [0.2, 0.25) is 0 Å². The molecule has 0 atom stereocenters. The summed E-state index contributed by atoms with van der Waals surface area (Å²) in [5, 5.41) is 0. The molecule has 0 saturated heterocycles. The molecule has 0 amide bonds. The van der Waals surface area contributed by atoms with Crippen LogP contribution < -0.4 is 0 Å². The second-order valence-corrected chi connectivity index (χ2v) is 6.99. The topological polar surface area (TPSA) is 9.23 Å². The maximum absolute atomic E-state index is 14.1. The Hall–Kier alpha value is -1.67. The first-order chi connectivity index (χ1) is 11.7. The summed E-state index contributed by atoms with van der Waals surface area (Å²) in [6, 6.07) is 14.1. The zero-order chi connectivity index (χ0) is 16.9. The highest BCUT2D eigenvalue weighted by Gasteiger charge is 2.21. The van der Waals surface area contributed by atoms with Gasteiger partial charge < -0.3 is 4.74 Å². The van der Waals surface area contributed by atoms with Gasteiger partial charge in [-0.3, -0.25) is 0 Å². The zero-order valence-electron chi connectivity index (χ0n) is 14.7. The zero-order valence-corrected chi connectivity index (χ0v) is 14.7. The molecule has 0 aliphatic heterocycles. The van der Waals surface area contributed by atoms with E-state index in [2.05, 4.69) is 31.2 Å². The number of halogens is 1. The third kappa shape index (κ3) is 3.87. The fourth-order valence-electron chi connectivity index (χ4n) is 3.85. The van der Waals surface area contributed by atoms with Gasteiger partial charge in [0.2, 0.25) is 0 Å². The molecule has 0 N–H and O–H groups in total. The molecule has 1 nitrogen and oxygen atoms in total. The van der Waals surface area contributed by atoms with Crippen LogP contribution in [0.3, 0.4) is 0 Å². The molecule has 0 radical (unpaired) electrons. The first-order valence-electron chi connectivity index (χ1n) is 9.09. The minimum absolute atomic E-state index is 0.198. The number of hydrogen-bond acceptors (Lipinski definition) is 1. The Morgan fingerprint density at radius 2 is 1.62 bits per heavy atom. The first kappa shape index (κ1) is 17.2.